The van der Waals surface area contributed by atoms with Crippen LogP contribution in [0.4, 0.5) is 34.1 Å². The van der Waals surface area contributed by atoms with Crippen LogP contribution in [0.5, 0.6) is 11.5 Å². The number of anilines is 4. The van der Waals surface area contributed by atoms with Gasteiger partial charge >= 0.3 is 0 Å². The molecule has 9 nitrogen and oxygen atoms in total. The van der Waals surface area contributed by atoms with Gasteiger partial charge in [0.2, 0.25) is 0 Å². The highest BCUT2D eigenvalue weighted by Gasteiger charge is 2.34. The third-order valence-electron chi connectivity index (χ3n) is 4.50. The SMILES string of the molecule is C=Nc1c(N)c(N)c(C2CC(=O)c3c(N)cc(OC)cc3O2)c(N=C)c1N. The molecule has 0 aliphatic carbocycles. The van der Waals surface area contributed by atoms with Crippen molar-refractivity contribution < 1.29 is 14.3 Å². The lowest BCUT2D eigenvalue weighted by Crippen LogP contribution is -2.23. The summed E-state index contributed by atoms with van der Waals surface area (Å²) in [5.41, 5.74) is 26.2. The number of aliphatic imine (C=N–C) groups is 2. The lowest BCUT2D eigenvalue weighted by atomic mass is 9.92. The first-order valence-electron chi connectivity index (χ1n) is 7.95. The van der Waals surface area contributed by atoms with Crippen LogP contribution >= 0.6 is 0 Å². The van der Waals surface area contributed by atoms with Crippen molar-refractivity contribution in [1.82, 2.24) is 0 Å². The van der Waals surface area contributed by atoms with Gasteiger partial charge in [-0.2, -0.15) is 0 Å². The minimum Gasteiger partial charge on any atom is -0.497 e. The minimum absolute atomic E-state index is 0.0179. The quantitative estimate of drug-likeness (QED) is 0.475. The maximum atomic E-state index is 12.7. The van der Waals surface area contributed by atoms with Gasteiger partial charge in [-0.1, -0.05) is 0 Å². The summed E-state index contributed by atoms with van der Waals surface area (Å²) in [5.74, 6) is 0.532. The zero-order valence-electron chi connectivity index (χ0n) is 14.8. The molecule has 1 aliphatic heterocycles. The van der Waals surface area contributed by atoms with E-state index in [0.717, 1.165) is 0 Å². The molecule has 0 saturated heterocycles. The molecule has 140 valence electrons. The predicted octanol–water partition coefficient (Wildman–Crippen LogP) is 2.39. The smallest absolute Gasteiger partial charge is 0.172 e. The molecular formula is C18H20N6O3. The van der Waals surface area contributed by atoms with Crippen molar-refractivity contribution >= 4 is 53.3 Å². The van der Waals surface area contributed by atoms with Crippen molar-refractivity contribution in [2.24, 2.45) is 9.98 Å². The molecule has 2 aromatic carbocycles. The first-order chi connectivity index (χ1) is 12.8. The van der Waals surface area contributed by atoms with Gasteiger partial charge in [-0.3, -0.25) is 14.8 Å². The second-order valence-corrected chi connectivity index (χ2v) is 5.99. The fourth-order valence-corrected chi connectivity index (χ4v) is 3.22. The van der Waals surface area contributed by atoms with Gasteiger partial charge in [0.05, 0.1) is 41.8 Å². The van der Waals surface area contributed by atoms with Crippen LogP contribution in [0.15, 0.2) is 22.1 Å². The van der Waals surface area contributed by atoms with Gasteiger partial charge in [0, 0.05) is 23.4 Å². The molecule has 8 N–H and O–H groups in total. The van der Waals surface area contributed by atoms with Crippen LogP contribution in [0.2, 0.25) is 0 Å². The van der Waals surface area contributed by atoms with Crippen LogP contribution in [-0.2, 0) is 0 Å². The van der Waals surface area contributed by atoms with Gasteiger partial charge in [-0.05, 0) is 13.4 Å². The third kappa shape index (κ3) is 2.69. The lowest BCUT2D eigenvalue weighted by Gasteiger charge is -2.29. The Bertz CT molecular complexity index is 986. The Morgan fingerprint density at radius 3 is 2.33 bits per heavy atom. The fourth-order valence-electron chi connectivity index (χ4n) is 3.22. The summed E-state index contributed by atoms with van der Waals surface area (Å²) in [6.07, 6.45) is -0.795. The predicted molar refractivity (Wildman–Crippen MR) is 108 cm³/mol. The normalized spacial score (nSPS) is 15.6. The van der Waals surface area contributed by atoms with Gasteiger partial charge in [-0.15, -0.1) is 0 Å². The number of nitrogens with two attached hydrogens (primary N) is 4. The highest BCUT2D eigenvalue weighted by Crippen LogP contribution is 2.50. The summed E-state index contributed by atoms with van der Waals surface area (Å²) in [5, 5.41) is 0. The Labute approximate surface area is 155 Å². The maximum absolute atomic E-state index is 12.7. The molecule has 1 atom stereocenters. The molecule has 1 heterocycles. The molecule has 0 radical (unpaired) electrons. The molecule has 0 fully saturated rings. The average Bonchev–Trinajstić information content (AvgIpc) is 2.63. The first kappa shape index (κ1) is 18.1. The number of carbonyl (C=O) groups is 1. The van der Waals surface area contributed by atoms with Crippen LogP contribution in [0.1, 0.15) is 28.4 Å². The van der Waals surface area contributed by atoms with Crippen molar-refractivity contribution in [3.8, 4) is 11.5 Å². The molecule has 0 aromatic heterocycles. The van der Waals surface area contributed by atoms with E-state index in [9.17, 15) is 4.79 Å². The zero-order chi connectivity index (χ0) is 19.9. The van der Waals surface area contributed by atoms with Crippen molar-refractivity contribution in [2.75, 3.05) is 30.0 Å². The van der Waals surface area contributed by atoms with E-state index in [2.05, 4.69) is 23.4 Å². The molecule has 3 rings (SSSR count). The fraction of sp³-hybridized carbons (Fsp3) is 0.167. The molecule has 2 aromatic rings. The molecule has 1 unspecified atom stereocenters. The standard InChI is InChI=1S/C18H20N6O3/c1-23-17-13(14(20)15(21)18(24-2)16(17)22)11-6-9(25)12-8(19)4-7(26-3)5-10(12)27-11/h4-5,11H,1-2,6,19-22H2,3H3. The molecular weight excluding hydrogens is 348 g/mol. The maximum Gasteiger partial charge on any atom is 0.172 e. The number of hydrogen-bond donors (Lipinski definition) is 4. The second kappa shape index (κ2) is 6.52. The Morgan fingerprint density at radius 1 is 1.07 bits per heavy atom. The van der Waals surface area contributed by atoms with Crippen LogP contribution < -0.4 is 32.4 Å². The summed E-state index contributed by atoms with van der Waals surface area (Å²) < 4.78 is 11.2. The Morgan fingerprint density at radius 2 is 1.74 bits per heavy atom. The lowest BCUT2D eigenvalue weighted by molar-refractivity contribution is 0.0853. The molecule has 0 bridgehead atoms. The van der Waals surface area contributed by atoms with Gasteiger partial charge < -0.3 is 32.4 Å². The topological polar surface area (TPSA) is 164 Å². The molecule has 0 amide bonds. The third-order valence-corrected chi connectivity index (χ3v) is 4.50. The van der Waals surface area contributed by atoms with Crippen LogP contribution in [0, 0.1) is 0 Å². The van der Waals surface area contributed by atoms with Gasteiger partial charge in [0.15, 0.2) is 5.78 Å². The van der Waals surface area contributed by atoms with Gasteiger partial charge in [0.1, 0.15) is 23.3 Å². The Balaban J connectivity index is 2.20. The highest BCUT2D eigenvalue weighted by molar-refractivity contribution is 6.05. The number of fused-ring (bicyclic) bond motifs is 1. The number of rotatable bonds is 4. The van der Waals surface area contributed by atoms with Gasteiger partial charge in [-0.25, -0.2) is 0 Å². The van der Waals surface area contributed by atoms with E-state index in [1.165, 1.54) is 7.11 Å². The van der Waals surface area contributed by atoms with E-state index >= 15 is 0 Å². The number of nitrogens with zero attached hydrogens (tertiary/aromatic N) is 2. The van der Waals surface area contributed by atoms with Crippen molar-refractivity contribution in [2.45, 2.75) is 12.5 Å². The highest BCUT2D eigenvalue weighted by atomic mass is 16.5. The Hall–Kier alpha value is -3.75. The number of ketones is 1. The number of ether oxygens (including phenoxy) is 2. The number of methoxy groups -OCH3 is 1. The largest absolute Gasteiger partial charge is 0.497 e. The number of benzene rings is 2. The summed E-state index contributed by atoms with van der Waals surface area (Å²) in [4.78, 5) is 20.5. The molecule has 1 aliphatic rings. The second-order valence-electron chi connectivity index (χ2n) is 5.99. The molecule has 0 saturated carbocycles. The van der Waals surface area contributed by atoms with Crippen molar-refractivity contribution in [1.29, 1.82) is 0 Å². The number of nitrogen functional groups attached to an aromatic ring is 4. The van der Waals surface area contributed by atoms with E-state index in [0.29, 0.717) is 16.9 Å². The molecule has 0 spiro atoms. The van der Waals surface area contributed by atoms with Crippen LogP contribution in [0.3, 0.4) is 0 Å². The molecule has 9 heteroatoms. The number of Topliss-reactive ketones (excluding diaryl/α,β-unsaturated/α-hetero) is 1. The van der Waals surface area contributed by atoms with Crippen LogP contribution in [-0.4, -0.2) is 26.3 Å². The summed E-state index contributed by atoms with van der Waals surface area (Å²) >= 11 is 0. The van der Waals surface area contributed by atoms with E-state index in [1.54, 1.807) is 12.1 Å². The zero-order valence-corrected chi connectivity index (χ0v) is 14.8. The monoisotopic (exact) mass is 368 g/mol. The van der Waals surface area contributed by atoms with Crippen molar-refractivity contribution in [3.05, 3.63) is 23.3 Å². The summed E-state index contributed by atoms with van der Waals surface area (Å²) in [6, 6.07) is 3.14. The summed E-state index contributed by atoms with van der Waals surface area (Å²) in [7, 11) is 1.49. The number of hydrogen-bond acceptors (Lipinski definition) is 9. The first-order valence-corrected chi connectivity index (χ1v) is 7.95. The Kier molecular flexibility index (Phi) is 4.36. The van der Waals surface area contributed by atoms with E-state index < -0.39 is 6.10 Å². The van der Waals surface area contributed by atoms with Crippen LogP contribution in [0.25, 0.3) is 0 Å². The van der Waals surface area contributed by atoms with Crippen molar-refractivity contribution in [3.63, 3.8) is 0 Å². The summed E-state index contributed by atoms with van der Waals surface area (Å²) in [6.45, 7) is 6.97. The molecule has 27 heavy (non-hydrogen) atoms. The average molecular weight is 368 g/mol. The van der Waals surface area contributed by atoms with E-state index in [4.69, 9.17) is 32.4 Å². The van der Waals surface area contributed by atoms with E-state index in [-0.39, 0.29) is 52.1 Å². The van der Waals surface area contributed by atoms with E-state index in [1.807, 2.05) is 0 Å². The van der Waals surface area contributed by atoms with Gasteiger partial charge in [0.25, 0.3) is 0 Å². The minimum atomic E-state index is -0.777. The number of carbonyl (C=O) groups excluding carboxylic acids is 1.